The van der Waals surface area contributed by atoms with Gasteiger partial charge in [0.2, 0.25) is 6.10 Å². The molecule has 0 fully saturated rings. The molecule has 0 N–H and O–H groups in total. The van der Waals surface area contributed by atoms with Crippen LogP contribution in [0.5, 0.6) is 11.5 Å². The van der Waals surface area contributed by atoms with Crippen LogP contribution in [0.3, 0.4) is 0 Å². The van der Waals surface area contributed by atoms with Crippen LogP contribution in [0.25, 0.3) is 17.2 Å². The van der Waals surface area contributed by atoms with E-state index in [2.05, 4.69) is 0 Å². The number of ether oxygens (including phenoxy) is 3. The standard InChI is InChI=1S/C20H17F3O4/c1-3-26-19(24)15-10-13-9-14(12-7-5-4-6-8-12)17(25-2)11-16(13)27-18(15)20(21,22)23/h4-11,18H,3H2,1-2H3. The smallest absolute Gasteiger partial charge is 0.430 e. The minimum absolute atomic E-state index is 0.0121. The molecule has 0 aliphatic carbocycles. The van der Waals surface area contributed by atoms with Crippen LogP contribution in [0.2, 0.25) is 0 Å². The van der Waals surface area contributed by atoms with E-state index in [1.165, 1.54) is 26.2 Å². The van der Waals surface area contributed by atoms with Gasteiger partial charge in [0, 0.05) is 17.2 Å². The van der Waals surface area contributed by atoms with Crippen molar-refractivity contribution in [3.05, 3.63) is 53.6 Å². The van der Waals surface area contributed by atoms with E-state index in [4.69, 9.17) is 14.2 Å². The lowest BCUT2D eigenvalue weighted by atomic mass is 9.96. The Kier molecular flexibility index (Phi) is 5.12. The van der Waals surface area contributed by atoms with E-state index in [1.54, 1.807) is 6.07 Å². The highest BCUT2D eigenvalue weighted by Crippen LogP contribution is 2.42. The number of rotatable bonds is 4. The second-order valence-electron chi connectivity index (χ2n) is 5.82. The van der Waals surface area contributed by atoms with E-state index >= 15 is 0 Å². The summed E-state index contributed by atoms with van der Waals surface area (Å²) < 4.78 is 55.5. The molecule has 0 spiro atoms. The second kappa shape index (κ2) is 7.34. The number of carbonyl (C=O) groups is 1. The van der Waals surface area contributed by atoms with Crippen LogP contribution < -0.4 is 9.47 Å². The summed E-state index contributed by atoms with van der Waals surface area (Å²) in [5.41, 5.74) is 1.26. The maximum Gasteiger partial charge on any atom is 0.430 e. The molecule has 142 valence electrons. The van der Waals surface area contributed by atoms with Gasteiger partial charge in [-0.3, -0.25) is 0 Å². The molecule has 1 atom stereocenters. The van der Waals surface area contributed by atoms with Gasteiger partial charge in [-0.15, -0.1) is 0 Å². The summed E-state index contributed by atoms with van der Waals surface area (Å²) in [6.07, 6.45) is -5.99. The summed E-state index contributed by atoms with van der Waals surface area (Å²) >= 11 is 0. The third kappa shape index (κ3) is 3.77. The number of methoxy groups -OCH3 is 1. The average Bonchev–Trinajstić information content (AvgIpc) is 2.66. The van der Waals surface area contributed by atoms with Crippen LogP contribution in [0.4, 0.5) is 13.2 Å². The van der Waals surface area contributed by atoms with Crippen LogP contribution in [0.15, 0.2) is 48.0 Å². The first-order valence-electron chi connectivity index (χ1n) is 8.24. The zero-order valence-electron chi connectivity index (χ0n) is 14.7. The van der Waals surface area contributed by atoms with Crippen LogP contribution in [0.1, 0.15) is 12.5 Å². The third-order valence-corrected chi connectivity index (χ3v) is 4.06. The molecule has 7 heteroatoms. The molecule has 0 radical (unpaired) electrons. The van der Waals surface area contributed by atoms with E-state index in [9.17, 15) is 18.0 Å². The number of esters is 1. The van der Waals surface area contributed by atoms with Crippen LogP contribution in [0, 0.1) is 0 Å². The fourth-order valence-electron chi connectivity index (χ4n) is 2.86. The Hall–Kier alpha value is -2.96. The summed E-state index contributed by atoms with van der Waals surface area (Å²) in [7, 11) is 1.43. The van der Waals surface area contributed by atoms with E-state index in [1.807, 2.05) is 30.3 Å². The van der Waals surface area contributed by atoms with Gasteiger partial charge in [-0.1, -0.05) is 30.3 Å². The van der Waals surface area contributed by atoms with Gasteiger partial charge >= 0.3 is 12.1 Å². The third-order valence-electron chi connectivity index (χ3n) is 4.06. The molecular formula is C20H17F3O4. The van der Waals surface area contributed by atoms with Crippen molar-refractivity contribution >= 4 is 12.0 Å². The summed E-state index contributed by atoms with van der Waals surface area (Å²) in [6, 6.07) is 12.3. The predicted octanol–water partition coefficient (Wildman–Crippen LogP) is 4.63. The van der Waals surface area contributed by atoms with Gasteiger partial charge in [-0.25, -0.2) is 4.79 Å². The maximum absolute atomic E-state index is 13.4. The highest BCUT2D eigenvalue weighted by atomic mass is 19.4. The lowest BCUT2D eigenvalue weighted by molar-refractivity contribution is -0.187. The quantitative estimate of drug-likeness (QED) is 0.728. The van der Waals surface area contributed by atoms with Gasteiger partial charge in [-0.2, -0.15) is 13.2 Å². The highest BCUT2D eigenvalue weighted by molar-refractivity contribution is 5.97. The first kappa shape index (κ1) is 18.8. The molecule has 27 heavy (non-hydrogen) atoms. The average molecular weight is 378 g/mol. The van der Waals surface area contributed by atoms with Crippen molar-refractivity contribution in [1.82, 2.24) is 0 Å². The van der Waals surface area contributed by atoms with E-state index in [-0.39, 0.29) is 12.4 Å². The Morgan fingerprint density at radius 1 is 1.19 bits per heavy atom. The molecule has 3 rings (SSSR count). The summed E-state index contributed by atoms with van der Waals surface area (Å²) in [5, 5.41) is 0. The van der Waals surface area contributed by atoms with Crippen molar-refractivity contribution in [2.75, 3.05) is 13.7 Å². The van der Waals surface area contributed by atoms with Gasteiger partial charge < -0.3 is 14.2 Å². The van der Waals surface area contributed by atoms with Crippen molar-refractivity contribution in [2.45, 2.75) is 19.2 Å². The SMILES string of the molecule is CCOC(=O)C1=Cc2cc(-c3ccccc3)c(OC)cc2OC1C(F)(F)F. The number of halogens is 3. The van der Waals surface area contributed by atoms with Crippen molar-refractivity contribution in [2.24, 2.45) is 0 Å². The second-order valence-corrected chi connectivity index (χ2v) is 5.82. The first-order valence-corrected chi connectivity index (χ1v) is 8.24. The van der Waals surface area contributed by atoms with Gasteiger partial charge in [0.15, 0.2) is 0 Å². The van der Waals surface area contributed by atoms with Gasteiger partial charge in [-0.05, 0) is 24.6 Å². The molecule has 1 aliphatic rings. The van der Waals surface area contributed by atoms with E-state index < -0.39 is 23.8 Å². The first-order chi connectivity index (χ1) is 12.8. The lowest BCUT2D eigenvalue weighted by Crippen LogP contribution is -2.40. The summed E-state index contributed by atoms with van der Waals surface area (Å²) in [4.78, 5) is 12.0. The van der Waals surface area contributed by atoms with Crippen LogP contribution in [-0.2, 0) is 9.53 Å². The summed E-state index contributed by atoms with van der Waals surface area (Å²) in [5.74, 6) is -0.696. The maximum atomic E-state index is 13.4. The highest BCUT2D eigenvalue weighted by Gasteiger charge is 2.49. The van der Waals surface area contributed by atoms with Crippen LogP contribution in [-0.4, -0.2) is 32.0 Å². The molecule has 0 bridgehead atoms. The number of hydrogen-bond donors (Lipinski definition) is 0. The van der Waals surface area contributed by atoms with Crippen LogP contribution >= 0.6 is 0 Å². The molecule has 0 saturated carbocycles. The van der Waals surface area contributed by atoms with Gasteiger partial charge in [0.1, 0.15) is 11.5 Å². The number of carbonyl (C=O) groups excluding carboxylic acids is 1. The predicted molar refractivity (Wildman–Crippen MR) is 93.5 cm³/mol. The topological polar surface area (TPSA) is 44.8 Å². The van der Waals surface area contributed by atoms with Gasteiger partial charge in [0.25, 0.3) is 0 Å². The molecule has 0 aromatic heterocycles. The Balaban J connectivity index is 2.14. The number of hydrogen-bond acceptors (Lipinski definition) is 4. The van der Waals surface area contributed by atoms with E-state index in [0.717, 1.165) is 5.56 Å². The molecule has 1 aliphatic heterocycles. The zero-order chi connectivity index (χ0) is 19.6. The largest absolute Gasteiger partial charge is 0.496 e. The molecular weight excluding hydrogens is 361 g/mol. The monoisotopic (exact) mass is 378 g/mol. The van der Waals surface area contributed by atoms with Crippen molar-refractivity contribution in [1.29, 1.82) is 0 Å². The molecule has 0 amide bonds. The normalized spacial score (nSPS) is 16.0. The van der Waals surface area contributed by atoms with Crippen molar-refractivity contribution in [3.63, 3.8) is 0 Å². The molecule has 1 heterocycles. The molecule has 2 aromatic rings. The zero-order valence-corrected chi connectivity index (χ0v) is 14.7. The molecule has 2 aromatic carbocycles. The van der Waals surface area contributed by atoms with Crippen molar-refractivity contribution < 1.29 is 32.2 Å². The Morgan fingerprint density at radius 3 is 2.48 bits per heavy atom. The number of alkyl halides is 3. The minimum Gasteiger partial charge on any atom is -0.496 e. The Morgan fingerprint density at radius 2 is 1.89 bits per heavy atom. The van der Waals surface area contributed by atoms with Crippen molar-refractivity contribution in [3.8, 4) is 22.6 Å². The minimum atomic E-state index is -4.76. The molecule has 1 unspecified atom stereocenters. The fourth-order valence-corrected chi connectivity index (χ4v) is 2.86. The molecule has 4 nitrogen and oxygen atoms in total. The summed E-state index contributed by atoms with van der Waals surface area (Å²) in [6.45, 7) is 1.49. The Bertz CT molecular complexity index is 873. The Labute approximate surface area is 154 Å². The lowest BCUT2D eigenvalue weighted by Gasteiger charge is -2.28. The van der Waals surface area contributed by atoms with Gasteiger partial charge in [0.05, 0.1) is 19.3 Å². The molecule has 0 saturated heterocycles. The fraction of sp³-hybridized carbons (Fsp3) is 0.250. The van der Waals surface area contributed by atoms with E-state index in [0.29, 0.717) is 16.9 Å². The number of benzene rings is 2. The number of fused-ring (bicyclic) bond motifs is 1.